The van der Waals surface area contributed by atoms with Crippen LogP contribution in [0.25, 0.3) is 0 Å². The highest BCUT2D eigenvalue weighted by Crippen LogP contribution is 2.12. The maximum absolute atomic E-state index is 10.7. The maximum Gasteiger partial charge on any atom is 0.255 e. The fraction of sp³-hybridized carbons (Fsp3) is 0.556. The van der Waals surface area contributed by atoms with Gasteiger partial charge in [-0.2, -0.15) is 0 Å². The van der Waals surface area contributed by atoms with Crippen molar-refractivity contribution in [3.8, 4) is 5.75 Å². The molecular formula is C18H30N4O2. The van der Waals surface area contributed by atoms with Crippen LogP contribution in [0.3, 0.4) is 0 Å². The first kappa shape index (κ1) is 19.8. The van der Waals surface area contributed by atoms with Crippen LogP contribution in [0.5, 0.6) is 5.75 Å². The molecule has 6 nitrogen and oxygen atoms in total. The fourth-order valence-corrected chi connectivity index (χ4v) is 2.17. The summed E-state index contributed by atoms with van der Waals surface area (Å²) in [6.45, 7) is 6.76. The van der Waals surface area contributed by atoms with Gasteiger partial charge in [0.15, 0.2) is 12.6 Å². The van der Waals surface area contributed by atoms with Gasteiger partial charge in [0, 0.05) is 26.7 Å². The van der Waals surface area contributed by atoms with Gasteiger partial charge in [0.2, 0.25) is 0 Å². The lowest BCUT2D eigenvalue weighted by atomic mass is 10.1. The molecule has 1 aromatic carbocycles. The van der Waals surface area contributed by atoms with Crippen LogP contribution < -0.4 is 15.8 Å². The van der Waals surface area contributed by atoms with E-state index in [9.17, 15) is 4.79 Å². The van der Waals surface area contributed by atoms with Crippen LogP contribution in [-0.2, 0) is 11.2 Å². The van der Waals surface area contributed by atoms with Gasteiger partial charge < -0.3 is 20.7 Å². The Labute approximate surface area is 145 Å². The molecule has 24 heavy (non-hydrogen) atoms. The number of benzene rings is 1. The van der Waals surface area contributed by atoms with Crippen molar-refractivity contribution in [1.82, 2.24) is 10.2 Å². The average molecular weight is 334 g/mol. The van der Waals surface area contributed by atoms with Crippen LogP contribution in [0.1, 0.15) is 32.3 Å². The van der Waals surface area contributed by atoms with Gasteiger partial charge in [-0.15, -0.1) is 0 Å². The minimum absolute atomic E-state index is 0.0974. The van der Waals surface area contributed by atoms with Crippen LogP contribution >= 0.6 is 0 Å². The van der Waals surface area contributed by atoms with E-state index in [0.717, 1.165) is 38.4 Å². The summed E-state index contributed by atoms with van der Waals surface area (Å²) in [5.74, 6) is 1.12. The molecule has 3 N–H and O–H groups in total. The largest absolute Gasteiger partial charge is 0.484 e. The quantitative estimate of drug-likeness (QED) is 0.505. The number of carbonyl (C=O) groups is 1. The van der Waals surface area contributed by atoms with Crippen molar-refractivity contribution >= 4 is 11.9 Å². The Bertz CT molecular complexity index is 514. The summed E-state index contributed by atoms with van der Waals surface area (Å²) < 4.78 is 5.25. The van der Waals surface area contributed by atoms with Crippen LogP contribution in [-0.4, -0.2) is 50.1 Å². The van der Waals surface area contributed by atoms with E-state index in [1.807, 2.05) is 24.3 Å². The van der Waals surface area contributed by atoms with Crippen molar-refractivity contribution in [2.24, 2.45) is 10.7 Å². The molecule has 1 rings (SSSR count). The van der Waals surface area contributed by atoms with E-state index >= 15 is 0 Å². The first-order valence-corrected chi connectivity index (χ1v) is 8.56. The fourth-order valence-electron chi connectivity index (χ4n) is 2.17. The number of nitrogens with one attached hydrogen (secondary N) is 1. The van der Waals surface area contributed by atoms with Gasteiger partial charge in [-0.1, -0.05) is 25.5 Å². The molecule has 1 amide bonds. The van der Waals surface area contributed by atoms with Gasteiger partial charge in [0.05, 0.1) is 0 Å². The number of rotatable bonds is 10. The zero-order valence-corrected chi connectivity index (χ0v) is 15.0. The van der Waals surface area contributed by atoms with Crippen LogP contribution in [0.15, 0.2) is 29.3 Å². The number of hydrogen-bond donors (Lipinski definition) is 2. The Morgan fingerprint density at radius 3 is 2.58 bits per heavy atom. The molecular weight excluding hydrogens is 304 g/mol. The predicted molar refractivity (Wildman–Crippen MR) is 98.4 cm³/mol. The van der Waals surface area contributed by atoms with Gasteiger partial charge in [-0.25, -0.2) is 0 Å². The molecule has 0 aromatic heterocycles. The number of carbonyl (C=O) groups excluding carboxylic acids is 1. The van der Waals surface area contributed by atoms with E-state index in [0.29, 0.717) is 5.75 Å². The van der Waals surface area contributed by atoms with E-state index in [-0.39, 0.29) is 6.61 Å². The number of nitrogens with zero attached hydrogens (tertiary/aromatic N) is 2. The average Bonchev–Trinajstić information content (AvgIpc) is 2.58. The number of guanidine groups is 1. The first-order valence-electron chi connectivity index (χ1n) is 8.56. The molecule has 0 fully saturated rings. The minimum atomic E-state index is -0.475. The summed E-state index contributed by atoms with van der Waals surface area (Å²) in [6, 6.07) is 7.67. The normalized spacial score (nSPS) is 11.2. The number of ether oxygens (including phenoxy) is 1. The molecule has 0 saturated carbocycles. The number of unbranched alkanes of at least 4 members (excludes halogenated alkanes) is 1. The molecule has 0 aliphatic heterocycles. The Morgan fingerprint density at radius 1 is 1.29 bits per heavy atom. The van der Waals surface area contributed by atoms with Crippen molar-refractivity contribution in [2.45, 2.75) is 33.1 Å². The van der Waals surface area contributed by atoms with Gasteiger partial charge >= 0.3 is 0 Å². The molecule has 134 valence electrons. The lowest BCUT2D eigenvalue weighted by Crippen LogP contribution is -2.39. The van der Waals surface area contributed by atoms with Gasteiger partial charge in [-0.3, -0.25) is 9.79 Å². The van der Waals surface area contributed by atoms with Crippen molar-refractivity contribution in [3.05, 3.63) is 29.8 Å². The Kier molecular flexibility index (Phi) is 9.34. The molecule has 0 unspecified atom stereocenters. The molecule has 0 heterocycles. The second-order valence-electron chi connectivity index (χ2n) is 5.66. The van der Waals surface area contributed by atoms with Gasteiger partial charge in [0.1, 0.15) is 5.75 Å². The van der Waals surface area contributed by atoms with E-state index in [4.69, 9.17) is 10.5 Å². The smallest absolute Gasteiger partial charge is 0.255 e. The molecule has 1 aromatic rings. The number of amides is 1. The third-order valence-corrected chi connectivity index (χ3v) is 3.51. The summed E-state index contributed by atoms with van der Waals surface area (Å²) in [5.41, 5.74) is 6.23. The van der Waals surface area contributed by atoms with E-state index in [1.165, 1.54) is 12.0 Å². The molecule has 0 bridgehead atoms. The second-order valence-corrected chi connectivity index (χ2v) is 5.66. The van der Waals surface area contributed by atoms with Gasteiger partial charge in [0.25, 0.3) is 5.91 Å². The van der Waals surface area contributed by atoms with Crippen molar-refractivity contribution in [2.75, 3.05) is 33.3 Å². The highest BCUT2D eigenvalue weighted by molar-refractivity contribution is 5.79. The highest BCUT2D eigenvalue weighted by atomic mass is 16.5. The summed E-state index contributed by atoms with van der Waals surface area (Å²) in [4.78, 5) is 17.5. The maximum atomic E-state index is 10.7. The predicted octanol–water partition coefficient (Wildman–Crippen LogP) is 1.79. The number of hydrogen-bond acceptors (Lipinski definition) is 3. The highest BCUT2D eigenvalue weighted by Gasteiger charge is 2.04. The molecule has 0 atom stereocenters. The second kappa shape index (κ2) is 11.3. The Hall–Kier alpha value is -2.24. The van der Waals surface area contributed by atoms with Gasteiger partial charge in [-0.05, 0) is 37.5 Å². The third kappa shape index (κ3) is 7.85. The monoisotopic (exact) mass is 334 g/mol. The molecule has 6 heteroatoms. The zero-order valence-electron chi connectivity index (χ0n) is 15.0. The summed E-state index contributed by atoms with van der Waals surface area (Å²) >= 11 is 0. The standard InChI is InChI=1S/C18H30N4O2/c1-4-6-13-22(3)18(20-5-2)21-12-11-15-7-9-16(10-8-15)24-14-17(19)23/h7-10H,4-6,11-14H2,1-3H3,(H2,19,23)(H,20,21). The van der Waals surface area contributed by atoms with E-state index in [2.05, 4.69) is 36.1 Å². The SMILES string of the molecule is CCCCN(C)C(=NCCc1ccc(OCC(N)=O)cc1)NCC. The number of aliphatic imine (C=N–C) groups is 1. The number of nitrogens with two attached hydrogens (primary N) is 1. The summed E-state index contributed by atoms with van der Waals surface area (Å²) in [6.07, 6.45) is 3.19. The van der Waals surface area contributed by atoms with E-state index < -0.39 is 5.91 Å². The minimum Gasteiger partial charge on any atom is -0.484 e. The van der Waals surface area contributed by atoms with Crippen LogP contribution in [0.2, 0.25) is 0 Å². The molecule has 0 aliphatic carbocycles. The topological polar surface area (TPSA) is 79.9 Å². The molecule has 0 saturated heterocycles. The van der Waals surface area contributed by atoms with Crippen LogP contribution in [0.4, 0.5) is 0 Å². The van der Waals surface area contributed by atoms with Crippen molar-refractivity contribution < 1.29 is 9.53 Å². The number of primary amides is 1. The summed E-state index contributed by atoms with van der Waals surface area (Å²) in [7, 11) is 2.07. The van der Waals surface area contributed by atoms with Crippen molar-refractivity contribution in [1.29, 1.82) is 0 Å². The van der Waals surface area contributed by atoms with Crippen LogP contribution in [0, 0.1) is 0 Å². The molecule has 0 radical (unpaired) electrons. The molecule has 0 aliphatic rings. The first-order chi connectivity index (χ1) is 11.6. The summed E-state index contributed by atoms with van der Waals surface area (Å²) in [5, 5.41) is 3.33. The Morgan fingerprint density at radius 2 is 2.00 bits per heavy atom. The van der Waals surface area contributed by atoms with E-state index in [1.54, 1.807) is 0 Å². The Balaban J connectivity index is 2.51. The lowest BCUT2D eigenvalue weighted by molar-refractivity contribution is -0.119. The molecule has 0 spiro atoms. The third-order valence-electron chi connectivity index (χ3n) is 3.51. The van der Waals surface area contributed by atoms with Crippen molar-refractivity contribution in [3.63, 3.8) is 0 Å². The zero-order chi connectivity index (χ0) is 17.8. The lowest BCUT2D eigenvalue weighted by Gasteiger charge is -2.21.